The Morgan fingerprint density at radius 3 is 2.64 bits per heavy atom. The summed E-state index contributed by atoms with van der Waals surface area (Å²) in [5.74, 6) is 0.617. The molecule has 3 fully saturated rings. The Labute approximate surface area is 162 Å². The van der Waals surface area contributed by atoms with Gasteiger partial charge in [0.1, 0.15) is 6.10 Å². The first-order chi connectivity index (χ1) is 13.4. The maximum absolute atomic E-state index is 13.3. The van der Waals surface area contributed by atoms with Crippen LogP contribution in [0, 0.1) is 5.92 Å². The van der Waals surface area contributed by atoms with Gasteiger partial charge < -0.3 is 19.7 Å². The Bertz CT molecular complexity index is 708. The molecule has 28 heavy (non-hydrogen) atoms. The Balaban J connectivity index is 1.39. The van der Waals surface area contributed by atoms with Gasteiger partial charge in [-0.15, -0.1) is 0 Å². The van der Waals surface area contributed by atoms with Crippen molar-refractivity contribution in [1.29, 1.82) is 0 Å². The van der Waals surface area contributed by atoms with Crippen LogP contribution in [-0.4, -0.2) is 49.4 Å². The third kappa shape index (κ3) is 4.43. The fraction of sp³-hybridized carbons (Fsp3) is 0.650. The van der Waals surface area contributed by atoms with E-state index in [-0.39, 0.29) is 36.9 Å². The van der Waals surface area contributed by atoms with E-state index in [4.69, 9.17) is 9.47 Å². The van der Waals surface area contributed by atoms with Gasteiger partial charge in [0, 0.05) is 19.2 Å². The molecule has 2 amide bonds. The average molecular weight is 398 g/mol. The quantitative estimate of drug-likeness (QED) is 0.844. The molecule has 2 heterocycles. The van der Waals surface area contributed by atoms with Crippen molar-refractivity contribution in [3.63, 3.8) is 0 Å². The Kier molecular flexibility index (Phi) is 5.51. The highest BCUT2D eigenvalue weighted by Crippen LogP contribution is 2.38. The summed E-state index contributed by atoms with van der Waals surface area (Å²) in [6.45, 7) is 1.32. The van der Waals surface area contributed by atoms with Crippen molar-refractivity contribution in [2.24, 2.45) is 5.92 Å². The number of nitrogens with zero attached hydrogens (tertiary/aromatic N) is 1. The minimum absolute atomic E-state index is 0.0515. The van der Waals surface area contributed by atoms with Crippen LogP contribution in [-0.2, 0) is 15.7 Å². The highest BCUT2D eigenvalue weighted by molar-refractivity contribution is 5.74. The number of benzene rings is 1. The lowest BCUT2D eigenvalue weighted by atomic mass is 10.00. The molecule has 0 bridgehead atoms. The van der Waals surface area contributed by atoms with Crippen LogP contribution < -0.4 is 5.32 Å². The van der Waals surface area contributed by atoms with Crippen molar-refractivity contribution in [2.45, 2.75) is 50.1 Å². The third-order valence-electron chi connectivity index (χ3n) is 5.76. The monoisotopic (exact) mass is 398 g/mol. The molecular formula is C20H25F3N2O3. The second kappa shape index (κ2) is 7.91. The van der Waals surface area contributed by atoms with Crippen LogP contribution in [0.2, 0.25) is 0 Å². The zero-order valence-electron chi connectivity index (χ0n) is 15.6. The lowest BCUT2D eigenvalue weighted by Crippen LogP contribution is -2.52. The van der Waals surface area contributed by atoms with Gasteiger partial charge in [0.15, 0.2) is 0 Å². The standard InChI is InChI=1S/C20H25F3N2O3/c21-20(22,23)16-4-2-1-3-15(16)18-12-25(8-10-28-18)19(26)24-14-7-9-27-17(11-14)13-5-6-13/h1-4,13-14,17-18H,5-12H2,(H,24,26). The van der Waals surface area contributed by atoms with Gasteiger partial charge in [-0.05, 0) is 43.2 Å². The summed E-state index contributed by atoms with van der Waals surface area (Å²) in [4.78, 5) is 14.3. The number of ether oxygens (including phenoxy) is 2. The van der Waals surface area contributed by atoms with Crippen LogP contribution >= 0.6 is 0 Å². The fourth-order valence-electron chi connectivity index (χ4n) is 4.08. The second-order valence-corrected chi connectivity index (χ2v) is 7.81. The van der Waals surface area contributed by atoms with E-state index in [2.05, 4.69) is 5.32 Å². The molecule has 1 saturated carbocycles. The maximum atomic E-state index is 13.3. The molecule has 3 aliphatic rings. The fourth-order valence-corrected chi connectivity index (χ4v) is 4.08. The van der Waals surface area contributed by atoms with Gasteiger partial charge in [-0.3, -0.25) is 0 Å². The number of carbonyl (C=O) groups is 1. The molecule has 154 valence electrons. The summed E-state index contributed by atoms with van der Waals surface area (Å²) < 4.78 is 51.3. The van der Waals surface area contributed by atoms with Gasteiger partial charge in [0.05, 0.1) is 24.8 Å². The van der Waals surface area contributed by atoms with E-state index in [9.17, 15) is 18.0 Å². The van der Waals surface area contributed by atoms with Gasteiger partial charge in [-0.1, -0.05) is 18.2 Å². The molecular weight excluding hydrogens is 373 g/mol. The summed E-state index contributed by atoms with van der Waals surface area (Å²) in [6.07, 6.45) is -1.07. The molecule has 1 aromatic carbocycles. The highest BCUT2D eigenvalue weighted by atomic mass is 19.4. The SMILES string of the molecule is O=C(NC1CCOC(C2CC2)C1)N1CCOC(c2ccccc2C(F)(F)F)C1. The first kappa shape index (κ1) is 19.5. The first-order valence-electron chi connectivity index (χ1n) is 9.86. The average Bonchev–Trinajstić information content (AvgIpc) is 3.53. The van der Waals surface area contributed by atoms with Crippen molar-refractivity contribution < 1.29 is 27.4 Å². The highest BCUT2D eigenvalue weighted by Gasteiger charge is 2.38. The van der Waals surface area contributed by atoms with Crippen molar-refractivity contribution in [3.05, 3.63) is 35.4 Å². The molecule has 0 aromatic heterocycles. The first-order valence-corrected chi connectivity index (χ1v) is 9.86. The molecule has 2 aliphatic heterocycles. The molecule has 0 radical (unpaired) electrons. The van der Waals surface area contributed by atoms with Crippen LogP contribution in [0.4, 0.5) is 18.0 Å². The number of halogens is 3. The molecule has 4 rings (SSSR count). The van der Waals surface area contributed by atoms with Crippen LogP contribution in [0.5, 0.6) is 0 Å². The van der Waals surface area contributed by atoms with E-state index in [1.54, 1.807) is 11.0 Å². The summed E-state index contributed by atoms with van der Waals surface area (Å²) in [5.41, 5.74) is -0.633. The largest absolute Gasteiger partial charge is 0.416 e. The molecule has 3 atom stereocenters. The Hall–Kier alpha value is -1.80. The predicted octanol–water partition coefficient (Wildman–Crippen LogP) is 3.75. The zero-order chi connectivity index (χ0) is 19.7. The maximum Gasteiger partial charge on any atom is 0.416 e. The van der Waals surface area contributed by atoms with E-state index < -0.39 is 17.8 Å². The molecule has 3 unspecified atom stereocenters. The molecule has 1 N–H and O–H groups in total. The normalized spacial score (nSPS) is 28.8. The van der Waals surface area contributed by atoms with Crippen LogP contribution in [0.15, 0.2) is 24.3 Å². The van der Waals surface area contributed by atoms with Crippen LogP contribution in [0.25, 0.3) is 0 Å². The number of rotatable bonds is 3. The van der Waals surface area contributed by atoms with E-state index in [0.717, 1.165) is 18.9 Å². The second-order valence-electron chi connectivity index (χ2n) is 7.81. The molecule has 1 aromatic rings. The van der Waals surface area contributed by atoms with Crippen LogP contribution in [0.3, 0.4) is 0 Å². The van der Waals surface area contributed by atoms with Crippen LogP contribution in [0.1, 0.15) is 42.9 Å². The summed E-state index contributed by atoms with van der Waals surface area (Å²) in [6, 6.07) is 5.22. The molecule has 5 nitrogen and oxygen atoms in total. The van der Waals surface area contributed by atoms with E-state index in [1.807, 2.05) is 0 Å². The molecule has 2 saturated heterocycles. The topological polar surface area (TPSA) is 50.8 Å². The van der Waals surface area contributed by atoms with Gasteiger partial charge >= 0.3 is 12.2 Å². The minimum atomic E-state index is -4.45. The van der Waals surface area contributed by atoms with Gasteiger partial charge in [0.2, 0.25) is 0 Å². The molecule has 1 aliphatic carbocycles. The number of morpholine rings is 1. The Morgan fingerprint density at radius 1 is 1.11 bits per heavy atom. The third-order valence-corrected chi connectivity index (χ3v) is 5.76. The van der Waals surface area contributed by atoms with Gasteiger partial charge in [-0.25, -0.2) is 4.79 Å². The molecule has 8 heteroatoms. The summed E-state index contributed by atoms with van der Waals surface area (Å²) >= 11 is 0. The predicted molar refractivity (Wildman–Crippen MR) is 95.7 cm³/mol. The number of carbonyl (C=O) groups excluding carboxylic acids is 1. The van der Waals surface area contributed by atoms with Crippen molar-refractivity contribution in [3.8, 4) is 0 Å². The van der Waals surface area contributed by atoms with E-state index in [1.165, 1.54) is 25.0 Å². The van der Waals surface area contributed by atoms with Crippen molar-refractivity contribution in [2.75, 3.05) is 26.3 Å². The van der Waals surface area contributed by atoms with Gasteiger partial charge in [-0.2, -0.15) is 13.2 Å². The number of urea groups is 1. The van der Waals surface area contributed by atoms with Crippen molar-refractivity contribution in [1.82, 2.24) is 10.2 Å². The number of hydrogen-bond acceptors (Lipinski definition) is 3. The zero-order valence-corrected chi connectivity index (χ0v) is 15.6. The Morgan fingerprint density at radius 2 is 1.89 bits per heavy atom. The number of hydrogen-bond donors (Lipinski definition) is 1. The number of alkyl halides is 3. The number of nitrogens with one attached hydrogen (secondary N) is 1. The van der Waals surface area contributed by atoms with Crippen molar-refractivity contribution >= 4 is 6.03 Å². The van der Waals surface area contributed by atoms with Gasteiger partial charge in [0.25, 0.3) is 0 Å². The lowest BCUT2D eigenvalue weighted by molar-refractivity contribution is -0.140. The number of amides is 2. The lowest BCUT2D eigenvalue weighted by Gasteiger charge is -2.36. The summed E-state index contributed by atoms with van der Waals surface area (Å²) in [7, 11) is 0. The summed E-state index contributed by atoms with van der Waals surface area (Å²) in [5, 5.41) is 3.05. The van der Waals surface area contributed by atoms with E-state index in [0.29, 0.717) is 19.1 Å². The molecule has 0 spiro atoms. The smallest absolute Gasteiger partial charge is 0.378 e. The minimum Gasteiger partial charge on any atom is -0.378 e. The van der Waals surface area contributed by atoms with E-state index >= 15 is 0 Å².